The standard InChI is InChI=1S/C21H17F2N3O3S/c1-21(13-2-4-14(22)5-3-13)19(27)26(20(28)25-21)10-16-12-30-18(24-16)11-29-17-8-6-15(23)7-9-17/h2-9,12H,10-11H2,1H3,(H,25,28). The number of thiazole rings is 1. The van der Waals surface area contributed by atoms with Crippen molar-refractivity contribution in [2.45, 2.75) is 25.6 Å². The number of carbonyl (C=O) groups is 2. The van der Waals surface area contributed by atoms with Crippen molar-refractivity contribution in [1.29, 1.82) is 0 Å². The summed E-state index contributed by atoms with van der Waals surface area (Å²) in [5.74, 6) is -0.692. The molecule has 1 aliphatic rings. The fraction of sp³-hybridized carbons (Fsp3) is 0.190. The number of nitrogens with one attached hydrogen (secondary N) is 1. The van der Waals surface area contributed by atoms with E-state index < -0.39 is 23.3 Å². The zero-order valence-electron chi connectivity index (χ0n) is 15.9. The molecule has 0 aliphatic carbocycles. The van der Waals surface area contributed by atoms with Crippen LogP contribution in [0.5, 0.6) is 5.75 Å². The highest BCUT2D eigenvalue weighted by atomic mass is 32.1. The van der Waals surface area contributed by atoms with Gasteiger partial charge in [-0.1, -0.05) is 12.1 Å². The van der Waals surface area contributed by atoms with E-state index in [9.17, 15) is 18.4 Å². The number of hydrogen-bond acceptors (Lipinski definition) is 5. The van der Waals surface area contributed by atoms with Crippen LogP contribution >= 0.6 is 11.3 Å². The third-order valence-corrected chi connectivity index (χ3v) is 5.66. The van der Waals surface area contributed by atoms with Gasteiger partial charge in [-0.15, -0.1) is 11.3 Å². The number of carbonyl (C=O) groups excluding carboxylic acids is 2. The minimum atomic E-state index is -1.27. The summed E-state index contributed by atoms with van der Waals surface area (Å²) < 4.78 is 31.7. The van der Waals surface area contributed by atoms with Crippen molar-refractivity contribution in [2.24, 2.45) is 0 Å². The van der Waals surface area contributed by atoms with Crippen LogP contribution in [0.25, 0.3) is 0 Å². The minimum absolute atomic E-state index is 0.00843. The lowest BCUT2D eigenvalue weighted by Gasteiger charge is -2.22. The lowest BCUT2D eigenvalue weighted by atomic mass is 9.92. The molecule has 1 aromatic heterocycles. The second-order valence-electron chi connectivity index (χ2n) is 6.93. The molecule has 0 spiro atoms. The van der Waals surface area contributed by atoms with E-state index in [1.165, 1.54) is 59.9 Å². The quantitative estimate of drug-likeness (QED) is 0.602. The lowest BCUT2D eigenvalue weighted by Crippen LogP contribution is -2.40. The van der Waals surface area contributed by atoms with Crippen LogP contribution in [0.4, 0.5) is 13.6 Å². The molecule has 30 heavy (non-hydrogen) atoms. The molecule has 2 aromatic carbocycles. The Labute approximate surface area is 175 Å². The number of urea groups is 1. The molecule has 1 fully saturated rings. The van der Waals surface area contributed by atoms with Gasteiger partial charge in [0.1, 0.15) is 34.5 Å². The number of ether oxygens (including phenoxy) is 1. The molecule has 2 heterocycles. The third kappa shape index (κ3) is 3.88. The second-order valence-corrected chi connectivity index (χ2v) is 7.87. The molecule has 0 saturated carbocycles. The molecule has 6 nitrogen and oxygen atoms in total. The topological polar surface area (TPSA) is 71.5 Å². The van der Waals surface area contributed by atoms with Crippen LogP contribution < -0.4 is 10.1 Å². The van der Waals surface area contributed by atoms with Crippen LogP contribution in [0, 0.1) is 11.6 Å². The fourth-order valence-corrected chi connectivity index (χ4v) is 3.84. The van der Waals surface area contributed by atoms with Crippen molar-refractivity contribution < 1.29 is 23.1 Å². The van der Waals surface area contributed by atoms with Crippen molar-refractivity contribution in [3.05, 3.63) is 81.8 Å². The van der Waals surface area contributed by atoms with Gasteiger partial charge in [-0.25, -0.2) is 18.6 Å². The molecule has 0 bridgehead atoms. The van der Waals surface area contributed by atoms with Crippen molar-refractivity contribution in [1.82, 2.24) is 15.2 Å². The minimum Gasteiger partial charge on any atom is -0.486 e. The summed E-state index contributed by atoms with van der Waals surface area (Å²) in [5, 5.41) is 5.08. The summed E-state index contributed by atoms with van der Waals surface area (Å²) in [6.07, 6.45) is 0. The smallest absolute Gasteiger partial charge is 0.325 e. The molecular weight excluding hydrogens is 412 g/mol. The predicted molar refractivity (Wildman–Crippen MR) is 106 cm³/mol. The molecular formula is C21H17F2N3O3S. The van der Waals surface area contributed by atoms with Gasteiger partial charge < -0.3 is 10.1 Å². The van der Waals surface area contributed by atoms with E-state index >= 15 is 0 Å². The zero-order chi connectivity index (χ0) is 21.3. The molecule has 3 amide bonds. The van der Waals surface area contributed by atoms with Crippen molar-refractivity contribution in [3.63, 3.8) is 0 Å². The first kappa shape index (κ1) is 20.0. The van der Waals surface area contributed by atoms with E-state index in [1.807, 2.05) is 0 Å². The monoisotopic (exact) mass is 429 g/mol. The Hall–Kier alpha value is -3.33. The zero-order valence-corrected chi connectivity index (χ0v) is 16.7. The van der Waals surface area contributed by atoms with Gasteiger partial charge >= 0.3 is 6.03 Å². The summed E-state index contributed by atoms with van der Waals surface area (Å²) >= 11 is 1.33. The number of benzene rings is 2. The van der Waals surface area contributed by atoms with E-state index in [0.29, 0.717) is 22.0 Å². The first-order chi connectivity index (χ1) is 14.3. The number of imide groups is 1. The Morgan fingerprint density at radius 2 is 1.70 bits per heavy atom. The highest BCUT2D eigenvalue weighted by molar-refractivity contribution is 7.09. The normalized spacial score (nSPS) is 18.6. The summed E-state index contributed by atoms with van der Waals surface area (Å²) in [6.45, 7) is 1.78. The first-order valence-electron chi connectivity index (χ1n) is 9.07. The maximum atomic E-state index is 13.2. The fourth-order valence-electron chi connectivity index (χ4n) is 3.15. The molecule has 1 aliphatic heterocycles. The summed E-state index contributed by atoms with van der Waals surface area (Å²) in [4.78, 5) is 30.9. The van der Waals surface area contributed by atoms with Gasteiger partial charge in [0, 0.05) is 5.38 Å². The largest absolute Gasteiger partial charge is 0.486 e. The Balaban J connectivity index is 1.43. The van der Waals surface area contributed by atoms with Gasteiger partial charge in [0.25, 0.3) is 5.91 Å². The first-order valence-corrected chi connectivity index (χ1v) is 9.95. The molecule has 1 saturated heterocycles. The second kappa shape index (κ2) is 7.83. The Morgan fingerprint density at radius 1 is 1.07 bits per heavy atom. The Bertz CT molecular complexity index is 1090. The van der Waals surface area contributed by atoms with Crippen molar-refractivity contribution >= 4 is 23.3 Å². The van der Waals surface area contributed by atoms with Crippen molar-refractivity contribution in [2.75, 3.05) is 0 Å². The maximum Gasteiger partial charge on any atom is 0.325 e. The number of aromatic nitrogens is 1. The molecule has 154 valence electrons. The number of rotatable bonds is 6. The average molecular weight is 429 g/mol. The van der Waals surface area contributed by atoms with Crippen LogP contribution in [0.15, 0.2) is 53.9 Å². The molecule has 4 rings (SSSR count). The lowest BCUT2D eigenvalue weighted by molar-refractivity contribution is -0.131. The van der Waals surface area contributed by atoms with Crippen molar-refractivity contribution in [3.8, 4) is 5.75 Å². The number of halogens is 2. The maximum absolute atomic E-state index is 13.2. The molecule has 3 aromatic rings. The van der Waals surface area contributed by atoms with Crippen LogP contribution in [0.2, 0.25) is 0 Å². The van der Waals surface area contributed by atoms with Gasteiger partial charge in [0.15, 0.2) is 0 Å². The molecule has 1 N–H and O–H groups in total. The van der Waals surface area contributed by atoms with Crippen LogP contribution in [0.3, 0.4) is 0 Å². The highest BCUT2D eigenvalue weighted by Crippen LogP contribution is 2.30. The van der Waals surface area contributed by atoms with E-state index in [2.05, 4.69) is 10.3 Å². The number of amides is 3. The number of nitrogens with zero attached hydrogens (tertiary/aromatic N) is 2. The summed E-state index contributed by atoms with van der Waals surface area (Å²) in [7, 11) is 0. The Kier molecular flexibility index (Phi) is 5.21. The van der Waals surface area contributed by atoms with E-state index in [0.717, 1.165) is 4.90 Å². The highest BCUT2D eigenvalue weighted by Gasteiger charge is 2.49. The molecule has 1 unspecified atom stereocenters. The number of hydrogen-bond donors (Lipinski definition) is 1. The van der Waals surface area contributed by atoms with Gasteiger partial charge in [-0.3, -0.25) is 9.69 Å². The van der Waals surface area contributed by atoms with Gasteiger partial charge in [-0.2, -0.15) is 0 Å². The van der Waals surface area contributed by atoms with Crippen LogP contribution in [-0.4, -0.2) is 21.8 Å². The van der Waals surface area contributed by atoms with E-state index in [4.69, 9.17) is 4.74 Å². The van der Waals surface area contributed by atoms with Gasteiger partial charge in [-0.05, 0) is 48.9 Å². The van der Waals surface area contributed by atoms with Crippen LogP contribution in [0.1, 0.15) is 23.2 Å². The summed E-state index contributed by atoms with van der Waals surface area (Å²) in [5.41, 5.74) is -0.226. The SMILES string of the molecule is CC1(c2ccc(F)cc2)NC(=O)N(Cc2csc(COc3ccc(F)cc3)n2)C1=O. The molecule has 0 radical (unpaired) electrons. The Morgan fingerprint density at radius 3 is 2.37 bits per heavy atom. The third-order valence-electron chi connectivity index (χ3n) is 4.79. The predicted octanol–water partition coefficient (Wildman–Crippen LogP) is 3.97. The van der Waals surface area contributed by atoms with Gasteiger partial charge in [0.05, 0.1) is 12.2 Å². The molecule has 9 heteroatoms. The molecule has 1 atom stereocenters. The average Bonchev–Trinajstić information content (AvgIpc) is 3.26. The van der Waals surface area contributed by atoms with E-state index in [-0.39, 0.29) is 19.0 Å². The van der Waals surface area contributed by atoms with E-state index in [1.54, 1.807) is 12.3 Å². The summed E-state index contributed by atoms with van der Waals surface area (Å²) in [6, 6.07) is 10.6. The van der Waals surface area contributed by atoms with Gasteiger partial charge in [0.2, 0.25) is 0 Å². The van der Waals surface area contributed by atoms with Crippen LogP contribution in [-0.2, 0) is 23.5 Å².